The van der Waals surface area contributed by atoms with Gasteiger partial charge in [0.15, 0.2) is 5.13 Å². The summed E-state index contributed by atoms with van der Waals surface area (Å²) in [5, 5.41) is 0.592. The fourth-order valence-electron chi connectivity index (χ4n) is 3.63. The summed E-state index contributed by atoms with van der Waals surface area (Å²) in [7, 11) is 0. The highest BCUT2D eigenvalue weighted by molar-refractivity contribution is 9.10. The second kappa shape index (κ2) is 9.51. The van der Waals surface area contributed by atoms with Crippen LogP contribution in [0.3, 0.4) is 0 Å². The van der Waals surface area contributed by atoms with E-state index >= 15 is 0 Å². The number of hydrogen-bond donors (Lipinski definition) is 0. The molecular weight excluding hydrogens is 472 g/mol. The minimum Gasteiger partial charge on any atom is -0.379 e. The van der Waals surface area contributed by atoms with E-state index in [1.807, 2.05) is 18.2 Å². The number of nitrogens with zero attached hydrogens (tertiary/aromatic N) is 4. The van der Waals surface area contributed by atoms with Crippen molar-refractivity contribution >= 4 is 60.3 Å². The normalized spacial score (nSPS) is 17.8. The minimum absolute atomic E-state index is 0.179. The third-order valence-electron chi connectivity index (χ3n) is 5.28. The smallest absolute Gasteiger partial charge is 0.248 e. The van der Waals surface area contributed by atoms with E-state index in [1.165, 1.54) is 11.3 Å². The first kappa shape index (κ1) is 21.4. The maximum absolute atomic E-state index is 13.1. The third-order valence-corrected chi connectivity index (χ3v) is 6.81. The average molecular weight is 495 g/mol. The van der Waals surface area contributed by atoms with Crippen molar-refractivity contribution < 1.29 is 19.1 Å². The molecule has 2 saturated heterocycles. The molecule has 3 heterocycles. The number of likely N-dealkylation sites (tertiary alicyclic amines) is 1. The van der Waals surface area contributed by atoms with Crippen molar-refractivity contribution in [3.63, 3.8) is 0 Å². The molecule has 0 aliphatic carbocycles. The van der Waals surface area contributed by atoms with Gasteiger partial charge in [-0.2, -0.15) is 0 Å². The molecule has 30 heavy (non-hydrogen) atoms. The molecule has 0 spiro atoms. The molecule has 160 valence electrons. The summed E-state index contributed by atoms with van der Waals surface area (Å²) in [6.07, 6.45) is 1.13. The minimum atomic E-state index is -0.283. The van der Waals surface area contributed by atoms with Crippen LogP contribution in [0.25, 0.3) is 10.2 Å². The number of rotatable bonds is 7. The largest absolute Gasteiger partial charge is 0.379 e. The van der Waals surface area contributed by atoms with Crippen LogP contribution in [0.5, 0.6) is 0 Å². The molecule has 2 fully saturated rings. The molecule has 2 aromatic rings. The lowest BCUT2D eigenvalue weighted by Crippen LogP contribution is -2.44. The first-order chi connectivity index (χ1) is 14.5. The molecule has 1 aromatic carbocycles. The van der Waals surface area contributed by atoms with Crippen LogP contribution >= 0.6 is 27.3 Å². The van der Waals surface area contributed by atoms with Crippen LogP contribution in [0, 0.1) is 0 Å². The van der Waals surface area contributed by atoms with Gasteiger partial charge in [-0.15, -0.1) is 0 Å². The van der Waals surface area contributed by atoms with E-state index in [4.69, 9.17) is 4.74 Å². The Bertz CT molecular complexity index is 943. The lowest BCUT2D eigenvalue weighted by molar-refractivity contribution is -0.141. The van der Waals surface area contributed by atoms with Gasteiger partial charge in [0, 0.05) is 43.5 Å². The van der Waals surface area contributed by atoms with E-state index in [0.29, 0.717) is 11.7 Å². The number of carbonyl (C=O) groups is 3. The van der Waals surface area contributed by atoms with Crippen LogP contribution in [0.15, 0.2) is 22.7 Å². The molecule has 2 aliphatic heterocycles. The van der Waals surface area contributed by atoms with E-state index in [2.05, 4.69) is 25.8 Å². The summed E-state index contributed by atoms with van der Waals surface area (Å²) in [5.74, 6) is -0.844. The number of carbonyl (C=O) groups excluding carboxylic acids is 3. The molecule has 2 aliphatic rings. The Morgan fingerprint density at radius 3 is 2.67 bits per heavy atom. The Morgan fingerprint density at radius 1 is 1.20 bits per heavy atom. The second-order valence-corrected chi connectivity index (χ2v) is 9.26. The van der Waals surface area contributed by atoms with Gasteiger partial charge in [-0.05, 0) is 24.6 Å². The third kappa shape index (κ3) is 4.88. The van der Waals surface area contributed by atoms with Gasteiger partial charge in [-0.1, -0.05) is 27.3 Å². The predicted octanol–water partition coefficient (Wildman–Crippen LogP) is 2.26. The van der Waals surface area contributed by atoms with Gasteiger partial charge < -0.3 is 4.74 Å². The van der Waals surface area contributed by atoms with E-state index < -0.39 is 0 Å². The Kier molecular flexibility index (Phi) is 6.77. The lowest BCUT2D eigenvalue weighted by atomic mass is 10.3. The van der Waals surface area contributed by atoms with E-state index in [-0.39, 0.29) is 37.1 Å². The van der Waals surface area contributed by atoms with Crippen molar-refractivity contribution in [3.8, 4) is 0 Å². The Hall–Kier alpha value is -1.88. The SMILES string of the molecule is O=C1CCC(=O)N1CC(=O)N(CCCN1CCOCC1)c1nc2ccc(Br)cc2s1. The Labute approximate surface area is 186 Å². The molecule has 10 heteroatoms. The molecule has 0 radical (unpaired) electrons. The van der Waals surface area contributed by atoms with E-state index in [0.717, 1.165) is 58.9 Å². The molecule has 0 unspecified atom stereocenters. The van der Waals surface area contributed by atoms with Crippen molar-refractivity contribution in [1.29, 1.82) is 0 Å². The van der Waals surface area contributed by atoms with Crippen molar-refractivity contribution in [3.05, 3.63) is 22.7 Å². The number of imide groups is 1. The maximum atomic E-state index is 13.1. The number of benzene rings is 1. The summed E-state index contributed by atoms with van der Waals surface area (Å²) < 4.78 is 7.30. The number of fused-ring (bicyclic) bond motifs is 1. The van der Waals surface area contributed by atoms with Crippen LogP contribution in [-0.2, 0) is 19.1 Å². The molecule has 3 amide bonds. The van der Waals surface area contributed by atoms with Crippen LogP contribution in [0.2, 0.25) is 0 Å². The van der Waals surface area contributed by atoms with Gasteiger partial charge in [-0.3, -0.25) is 29.1 Å². The van der Waals surface area contributed by atoms with Crippen molar-refractivity contribution in [1.82, 2.24) is 14.8 Å². The Morgan fingerprint density at radius 2 is 1.93 bits per heavy atom. The fraction of sp³-hybridized carbons (Fsp3) is 0.500. The summed E-state index contributed by atoms with van der Waals surface area (Å²) in [5.41, 5.74) is 0.817. The average Bonchev–Trinajstić information content (AvgIpc) is 3.29. The fourth-order valence-corrected chi connectivity index (χ4v) is 5.19. The van der Waals surface area contributed by atoms with Gasteiger partial charge >= 0.3 is 0 Å². The molecule has 0 bridgehead atoms. The lowest BCUT2D eigenvalue weighted by Gasteiger charge is -2.28. The monoisotopic (exact) mass is 494 g/mol. The topological polar surface area (TPSA) is 83.1 Å². The quantitative estimate of drug-likeness (QED) is 0.549. The number of amides is 3. The van der Waals surface area contributed by atoms with Crippen LogP contribution in [0.4, 0.5) is 5.13 Å². The number of hydrogen-bond acceptors (Lipinski definition) is 7. The number of ether oxygens (including phenoxy) is 1. The second-order valence-electron chi connectivity index (χ2n) is 7.34. The Balaban J connectivity index is 1.50. The van der Waals surface area contributed by atoms with Crippen LogP contribution in [0.1, 0.15) is 19.3 Å². The summed E-state index contributed by atoms with van der Waals surface area (Å²) >= 11 is 4.90. The summed E-state index contributed by atoms with van der Waals surface area (Å²) in [4.78, 5) is 46.7. The van der Waals surface area contributed by atoms with Crippen molar-refractivity contribution in [2.75, 3.05) is 50.8 Å². The molecule has 4 rings (SSSR count). The van der Waals surface area contributed by atoms with Gasteiger partial charge in [0.1, 0.15) is 6.54 Å². The van der Waals surface area contributed by atoms with Gasteiger partial charge in [-0.25, -0.2) is 4.98 Å². The number of anilines is 1. The van der Waals surface area contributed by atoms with Crippen molar-refractivity contribution in [2.45, 2.75) is 19.3 Å². The first-order valence-corrected chi connectivity index (χ1v) is 11.6. The van der Waals surface area contributed by atoms with E-state index in [9.17, 15) is 14.4 Å². The first-order valence-electron chi connectivity index (χ1n) is 10.0. The highest BCUT2D eigenvalue weighted by atomic mass is 79.9. The molecule has 8 nitrogen and oxygen atoms in total. The molecular formula is C20H23BrN4O4S. The van der Waals surface area contributed by atoms with Gasteiger partial charge in [0.2, 0.25) is 17.7 Å². The summed E-state index contributed by atoms with van der Waals surface area (Å²) in [6.45, 7) is 4.34. The van der Waals surface area contributed by atoms with Crippen molar-refractivity contribution in [2.24, 2.45) is 0 Å². The number of morpholine rings is 1. The van der Waals surface area contributed by atoms with Crippen LogP contribution < -0.4 is 4.90 Å². The molecule has 1 aromatic heterocycles. The molecule has 0 N–H and O–H groups in total. The molecule has 0 saturated carbocycles. The zero-order valence-corrected chi connectivity index (χ0v) is 18.9. The number of thiazole rings is 1. The number of halogens is 1. The predicted molar refractivity (Wildman–Crippen MR) is 118 cm³/mol. The summed E-state index contributed by atoms with van der Waals surface area (Å²) in [6, 6.07) is 5.79. The number of aromatic nitrogens is 1. The molecule has 0 atom stereocenters. The standard InChI is InChI=1S/C20H23BrN4O4S/c21-14-2-3-15-16(12-14)30-20(22-15)24(7-1-6-23-8-10-29-11-9-23)19(28)13-25-17(26)4-5-18(25)27/h2-3,12H,1,4-11,13H2. The van der Waals surface area contributed by atoms with Gasteiger partial charge in [0.05, 0.1) is 23.4 Å². The zero-order chi connectivity index (χ0) is 21.1. The highest BCUT2D eigenvalue weighted by Gasteiger charge is 2.32. The van der Waals surface area contributed by atoms with Gasteiger partial charge in [0.25, 0.3) is 0 Å². The maximum Gasteiger partial charge on any atom is 0.248 e. The van der Waals surface area contributed by atoms with E-state index in [1.54, 1.807) is 4.90 Å². The van der Waals surface area contributed by atoms with Crippen LogP contribution in [-0.4, -0.2) is 78.4 Å². The highest BCUT2D eigenvalue weighted by Crippen LogP contribution is 2.31. The zero-order valence-electron chi connectivity index (χ0n) is 16.5.